The van der Waals surface area contributed by atoms with Crippen LogP contribution in [0.15, 0.2) is 84.9 Å². The van der Waals surface area contributed by atoms with Crippen LogP contribution >= 0.6 is 0 Å². The molecule has 0 heterocycles. The molecule has 0 spiro atoms. The van der Waals surface area contributed by atoms with Crippen LogP contribution in [0.5, 0.6) is 0 Å². The van der Waals surface area contributed by atoms with Gasteiger partial charge >= 0.3 is 0 Å². The Morgan fingerprint density at radius 1 is 0.923 bits per heavy atom. The van der Waals surface area contributed by atoms with Crippen LogP contribution in [0.25, 0.3) is 6.08 Å². The quantitative estimate of drug-likeness (QED) is 0.455. The summed E-state index contributed by atoms with van der Waals surface area (Å²) in [6.45, 7) is 0.721. The van der Waals surface area contributed by atoms with E-state index in [4.69, 9.17) is 5.73 Å². The number of nitrogens with one attached hydrogen (secondary N) is 2. The summed E-state index contributed by atoms with van der Waals surface area (Å²) in [5.74, 6) is -0.212. The molecule has 4 nitrogen and oxygen atoms in total. The number of hydrogen-bond donors (Lipinski definition) is 3. The predicted octanol–water partition coefficient (Wildman–Crippen LogP) is 4.53. The number of carbonyl (C=O) groups is 1. The molecule has 0 unspecified atom stereocenters. The second-order valence-electron chi connectivity index (χ2n) is 5.87. The van der Waals surface area contributed by atoms with E-state index in [9.17, 15) is 4.79 Å². The lowest BCUT2D eigenvalue weighted by Gasteiger charge is -2.07. The third-order valence-corrected chi connectivity index (χ3v) is 3.87. The molecule has 0 aliphatic carbocycles. The SMILES string of the molecule is Nc1ccccc1NC(=O)/C=C/c1cccc(CNc2ccccc2)c1. The highest BCUT2D eigenvalue weighted by Gasteiger charge is 2.01. The van der Waals surface area contributed by atoms with E-state index in [-0.39, 0.29) is 5.91 Å². The van der Waals surface area contributed by atoms with Gasteiger partial charge in [0, 0.05) is 18.3 Å². The maximum absolute atomic E-state index is 12.1. The second-order valence-corrected chi connectivity index (χ2v) is 5.87. The van der Waals surface area contributed by atoms with Crippen molar-refractivity contribution in [3.05, 3.63) is 96.1 Å². The molecule has 26 heavy (non-hydrogen) atoms. The zero-order valence-electron chi connectivity index (χ0n) is 14.4. The van der Waals surface area contributed by atoms with E-state index in [0.29, 0.717) is 11.4 Å². The number of benzene rings is 3. The summed E-state index contributed by atoms with van der Waals surface area (Å²) in [4.78, 5) is 12.1. The van der Waals surface area contributed by atoms with Crippen molar-refractivity contribution >= 4 is 29.0 Å². The van der Waals surface area contributed by atoms with Gasteiger partial charge in [-0.2, -0.15) is 0 Å². The molecule has 4 heteroatoms. The van der Waals surface area contributed by atoms with E-state index < -0.39 is 0 Å². The fourth-order valence-corrected chi connectivity index (χ4v) is 2.52. The first-order chi connectivity index (χ1) is 12.7. The van der Waals surface area contributed by atoms with Crippen LogP contribution in [0.3, 0.4) is 0 Å². The monoisotopic (exact) mass is 343 g/mol. The molecular weight excluding hydrogens is 322 g/mol. The van der Waals surface area contributed by atoms with Crippen molar-refractivity contribution in [1.29, 1.82) is 0 Å². The maximum atomic E-state index is 12.1. The number of carbonyl (C=O) groups excluding carboxylic acids is 1. The van der Waals surface area contributed by atoms with Gasteiger partial charge in [-0.15, -0.1) is 0 Å². The zero-order valence-corrected chi connectivity index (χ0v) is 14.4. The van der Waals surface area contributed by atoms with Gasteiger partial charge in [-0.3, -0.25) is 4.79 Å². The summed E-state index contributed by atoms with van der Waals surface area (Å²) >= 11 is 0. The first-order valence-electron chi connectivity index (χ1n) is 8.42. The van der Waals surface area contributed by atoms with Crippen LogP contribution in [0.4, 0.5) is 17.1 Å². The highest BCUT2D eigenvalue weighted by Crippen LogP contribution is 2.17. The van der Waals surface area contributed by atoms with E-state index >= 15 is 0 Å². The van der Waals surface area contributed by atoms with Gasteiger partial charge in [-0.1, -0.05) is 48.5 Å². The van der Waals surface area contributed by atoms with Gasteiger partial charge in [0.15, 0.2) is 0 Å². The van der Waals surface area contributed by atoms with Crippen LogP contribution in [-0.4, -0.2) is 5.91 Å². The van der Waals surface area contributed by atoms with E-state index in [1.54, 1.807) is 18.2 Å². The van der Waals surface area contributed by atoms with Gasteiger partial charge in [0.25, 0.3) is 0 Å². The van der Waals surface area contributed by atoms with Gasteiger partial charge in [0.05, 0.1) is 11.4 Å². The average Bonchev–Trinajstić information content (AvgIpc) is 2.68. The molecule has 0 aliphatic rings. The Morgan fingerprint density at radius 2 is 1.69 bits per heavy atom. The third kappa shape index (κ3) is 4.98. The second kappa shape index (κ2) is 8.53. The van der Waals surface area contributed by atoms with Crippen molar-refractivity contribution in [3.63, 3.8) is 0 Å². The van der Waals surface area contributed by atoms with Crippen molar-refractivity contribution in [2.75, 3.05) is 16.4 Å². The lowest BCUT2D eigenvalue weighted by molar-refractivity contribution is -0.111. The van der Waals surface area contributed by atoms with Gasteiger partial charge in [-0.25, -0.2) is 0 Å². The summed E-state index contributed by atoms with van der Waals surface area (Å²) in [7, 11) is 0. The molecule has 0 saturated heterocycles. The van der Waals surface area contributed by atoms with Gasteiger partial charge in [0.2, 0.25) is 5.91 Å². The summed E-state index contributed by atoms with van der Waals surface area (Å²) in [5.41, 5.74) is 10.2. The molecular formula is C22H21N3O. The van der Waals surface area contributed by atoms with E-state index in [1.807, 2.05) is 54.6 Å². The molecule has 4 N–H and O–H groups in total. The van der Waals surface area contributed by atoms with E-state index in [2.05, 4.69) is 22.8 Å². The summed E-state index contributed by atoms with van der Waals surface area (Å²) in [6.07, 6.45) is 3.30. The molecule has 3 aromatic carbocycles. The lowest BCUT2D eigenvalue weighted by Crippen LogP contribution is -2.09. The first kappa shape index (κ1) is 17.3. The van der Waals surface area contributed by atoms with Crippen LogP contribution in [-0.2, 0) is 11.3 Å². The van der Waals surface area contributed by atoms with Crippen LogP contribution < -0.4 is 16.4 Å². The largest absolute Gasteiger partial charge is 0.397 e. The van der Waals surface area contributed by atoms with Crippen LogP contribution in [0.2, 0.25) is 0 Å². The summed E-state index contributed by atoms with van der Waals surface area (Å²) in [6, 6.07) is 25.3. The topological polar surface area (TPSA) is 67.1 Å². The predicted molar refractivity (Wildman–Crippen MR) is 109 cm³/mol. The smallest absolute Gasteiger partial charge is 0.248 e. The Kier molecular flexibility index (Phi) is 5.68. The molecule has 0 atom stereocenters. The minimum Gasteiger partial charge on any atom is -0.397 e. The highest BCUT2D eigenvalue weighted by molar-refractivity contribution is 6.03. The molecule has 0 aliphatic heterocycles. The van der Waals surface area contributed by atoms with Crippen molar-refractivity contribution in [1.82, 2.24) is 0 Å². The Labute approximate surface area is 153 Å². The van der Waals surface area contributed by atoms with Crippen LogP contribution in [0, 0.1) is 0 Å². The molecule has 1 amide bonds. The fraction of sp³-hybridized carbons (Fsp3) is 0.0455. The summed E-state index contributed by atoms with van der Waals surface area (Å²) in [5, 5.41) is 6.15. The third-order valence-electron chi connectivity index (χ3n) is 3.87. The minimum absolute atomic E-state index is 0.212. The van der Waals surface area contributed by atoms with Crippen molar-refractivity contribution in [2.45, 2.75) is 6.54 Å². The number of anilines is 3. The number of para-hydroxylation sites is 3. The Bertz CT molecular complexity index is 904. The van der Waals surface area contributed by atoms with Crippen LogP contribution in [0.1, 0.15) is 11.1 Å². The Morgan fingerprint density at radius 3 is 2.50 bits per heavy atom. The fourth-order valence-electron chi connectivity index (χ4n) is 2.52. The molecule has 0 fully saturated rings. The first-order valence-corrected chi connectivity index (χ1v) is 8.42. The van der Waals surface area contributed by atoms with Crippen molar-refractivity contribution in [3.8, 4) is 0 Å². The molecule has 0 radical (unpaired) electrons. The molecule has 0 saturated carbocycles. The number of amides is 1. The van der Waals surface area contributed by atoms with Crippen molar-refractivity contribution < 1.29 is 4.79 Å². The number of nitrogen functional groups attached to an aromatic ring is 1. The number of rotatable bonds is 6. The number of hydrogen-bond acceptors (Lipinski definition) is 3. The van der Waals surface area contributed by atoms with E-state index in [0.717, 1.165) is 23.4 Å². The normalized spacial score (nSPS) is 10.6. The van der Waals surface area contributed by atoms with E-state index in [1.165, 1.54) is 6.08 Å². The van der Waals surface area contributed by atoms with Crippen molar-refractivity contribution in [2.24, 2.45) is 0 Å². The van der Waals surface area contributed by atoms with Gasteiger partial charge < -0.3 is 16.4 Å². The van der Waals surface area contributed by atoms with Gasteiger partial charge in [0.1, 0.15) is 0 Å². The molecule has 0 aromatic heterocycles. The Balaban J connectivity index is 1.60. The molecule has 3 rings (SSSR count). The average molecular weight is 343 g/mol. The molecule has 3 aromatic rings. The standard InChI is InChI=1S/C22H21N3O/c23-20-11-4-5-12-21(20)25-22(26)14-13-17-7-6-8-18(15-17)16-24-19-9-2-1-3-10-19/h1-15,24H,16,23H2,(H,25,26)/b14-13+. The zero-order chi connectivity index (χ0) is 18.2. The van der Waals surface area contributed by atoms with Gasteiger partial charge in [-0.05, 0) is 47.5 Å². The Hall–Kier alpha value is -3.53. The summed E-state index contributed by atoms with van der Waals surface area (Å²) < 4.78 is 0. The highest BCUT2D eigenvalue weighted by atomic mass is 16.1. The molecule has 130 valence electrons. The lowest BCUT2D eigenvalue weighted by atomic mass is 10.1. The molecule has 0 bridgehead atoms. The minimum atomic E-state index is -0.212. The number of nitrogens with two attached hydrogens (primary N) is 1. The maximum Gasteiger partial charge on any atom is 0.248 e.